The van der Waals surface area contributed by atoms with E-state index in [-0.39, 0.29) is 29.0 Å². The molecule has 2 aromatic heterocycles. The Bertz CT molecular complexity index is 1110. The van der Waals surface area contributed by atoms with E-state index in [0.717, 1.165) is 38.0 Å². The van der Waals surface area contributed by atoms with Crippen LogP contribution in [-0.4, -0.2) is 79.9 Å². The summed E-state index contributed by atoms with van der Waals surface area (Å²) in [5.41, 5.74) is -0.636. The fraction of sp³-hybridized carbons (Fsp3) is 0.727. The average molecular weight is 477 g/mol. The monoisotopic (exact) mass is 477 g/mol. The van der Waals surface area contributed by atoms with Crippen molar-refractivity contribution in [2.24, 2.45) is 10.8 Å². The van der Waals surface area contributed by atoms with E-state index in [2.05, 4.69) is 19.8 Å². The van der Waals surface area contributed by atoms with Gasteiger partial charge in [0.15, 0.2) is 11.5 Å². The van der Waals surface area contributed by atoms with Crippen molar-refractivity contribution in [3.8, 4) is 0 Å². The Kier molecular flexibility index (Phi) is 4.10. The zero-order chi connectivity index (χ0) is 23.3. The van der Waals surface area contributed by atoms with Crippen molar-refractivity contribution in [1.29, 1.82) is 0 Å². The number of carbonyl (C=O) groups excluding carboxylic acids is 1. The quantitative estimate of drug-likeness (QED) is 0.674. The van der Waals surface area contributed by atoms with Gasteiger partial charge >= 0.3 is 12.2 Å². The maximum atomic E-state index is 13.0. The van der Waals surface area contributed by atoms with Crippen LogP contribution in [0.4, 0.5) is 18.0 Å². The summed E-state index contributed by atoms with van der Waals surface area (Å²) in [7, 11) is 0. The van der Waals surface area contributed by atoms with Crippen LogP contribution < -0.4 is 0 Å². The highest BCUT2D eigenvalue weighted by atomic mass is 19.4. The molecule has 5 fully saturated rings. The fourth-order valence-corrected chi connectivity index (χ4v) is 6.43. The molecule has 0 radical (unpaired) electrons. The van der Waals surface area contributed by atoms with Gasteiger partial charge in [0.25, 0.3) is 0 Å². The van der Waals surface area contributed by atoms with Crippen LogP contribution in [0.5, 0.6) is 0 Å². The fourth-order valence-electron chi connectivity index (χ4n) is 6.43. The zero-order valence-corrected chi connectivity index (χ0v) is 18.7. The first-order chi connectivity index (χ1) is 16.2. The second kappa shape index (κ2) is 6.73. The summed E-state index contributed by atoms with van der Waals surface area (Å²) in [5, 5.41) is 7.75. The highest BCUT2D eigenvalue weighted by molar-refractivity contribution is 5.77. The van der Waals surface area contributed by atoms with Gasteiger partial charge in [-0.15, -0.1) is 0 Å². The lowest BCUT2D eigenvalue weighted by Gasteiger charge is -2.63. The molecule has 9 nitrogen and oxygen atoms in total. The van der Waals surface area contributed by atoms with Gasteiger partial charge in [-0.05, 0) is 25.7 Å². The first-order valence-electron chi connectivity index (χ1n) is 11.9. The predicted octanol–water partition coefficient (Wildman–Crippen LogP) is 2.74. The lowest BCUT2D eigenvalue weighted by atomic mass is 9.60. The molecule has 2 saturated carbocycles. The summed E-state index contributed by atoms with van der Waals surface area (Å²) in [6.45, 7) is 4.49. The molecule has 7 rings (SSSR count). The summed E-state index contributed by atoms with van der Waals surface area (Å²) in [6, 6.07) is 0.488. The molecular weight excluding hydrogens is 451 g/mol. The maximum absolute atomic E-state index is 13.0. The molecule has 2 aromatic rings. The number of urea groups is 1. The van der Waals surface area contributed by atoms with E-state index >= 15 is 0 Å². The Labute approximate surface area is 193 Å². The number of halogens is 3. The van der Waals surface area contributed by atoms with Gasteiger partial charge in [-0.25, -0.2) is 14.5 Å². The van der Waals surface area contributed by atoms with Gasteiger partial charge in [0, 0.05) is 68.1 Å². The van der Waals surface area contributed by atoms with Crippen LogP contribution in [-0.2, 0) is 12.7 Å². The van der Waals surface area contributed by atoms with Gasteiger partial charge in [0.2, 0.25) is 0 Å². The van der Waals surface area contributed by atoms with Crippen LogP contribution in [0.25, 0.3) is 0 Å². The third-order valence-corrected chi connectivity index (χ3v) is 8.25. The Morgan fingerprint density at radius 2 is 1.74 bits per heavy atom. The van der Waals surface area contributed by atoms with Crippen molar-refractivity contribution >= 4 is 6.03 Å². The minimum atomic E-state index is -4.51. The zero-order valence-electron chi connectivity index (χ0n) is 18.7. The van der Waals surface area contributed by atoms with E-state index in [1.165, 1.54) is 12.8 Å². The molecule has 2 aliphatic carbocycles. The molecule has 12 heteroatoms. The number of alkyl halides is 3. The summed E-state index contributed by atoms with van der Waals surface area (Å²) < 4.78 is 45.5. The van der Waals surface area contributed by atoms with E-state index < -0.39 is 11.9 Å². The lowest BCUT2D eigenvalue weighted by Crippen LogP contribution is -2.75. The van der Waals surface area contributed by atoms with Crippen LogP contribution in [0.15, 0.2) is 17.1 Å². The topological polar surface area (TPSA) is 83.5 Å². The van der Waals surface area contributed by atoms with Crippen molar-refractivity contribution in [2.75, 3.05) is 39.3 Å². The molecule has 0 N–H and O–H groups in total. The second-order valence-corrected chi connectivity index (χ2v) is 11.2. The molecule has 5 heterocycles. The summed E-state index contributed by atoms with van der Waals surface area (Å²) in [6.07, 6.45) is 2.93. The third kappa shape index (κ3) is 3.24. The Morgan fingerprint density at radius 1 is 1.06 bits per heavy atom. The van der Waals surface area contributed by atoms with Gasteiger partial charge in [0.1, 0.15) is 12.6 Å². The van der Waals surface area contributed by atoms with Crippen LogP contribution in [0, 0.1) is 10.8 Å². The van der Waals surface area contributed by atoms with Crippen molar-refractivity contribution in [2.45, 2.75) is 50.4 Å². The molecule has 2 spiro atoms. The molecule has 182 valence electrons. The Morgan fingerprint density at radius 3 is 2.38 bits per heavy atom. The molecule has 0 unspecified atom stereocenters. The number of amides is 2. The molecule has 0 aromatic carbocycles. The van der Waals surface area contributed by atoms with Crippen LogP contribution >= 0.6 is 0 Å². The standard InChI is InChI=1S/C22H26F3N7O2/c23-22(24,25)17-15(6-34-28-17)5-29-7-21(8-29)11-31(12-21)19(33)30-9-20(10-30)3-16(4-20)32-13-26-18(27-32)14-1-2-14/h6,13-14,16H,1-5,7-12H2. The third-order valence-electron chi connectivity index (χ3n) is 8.25. The average Bonchev–Trinajstić information content (AvgIpc) is 3.19. The number of rotatable bonds is 4. The number of nitrogens with zero attached hydrogens (tertiary/aromatic N) is 7. The van der Waals surface area contributed by atoms with E-state index in [1.807, 2.05) is 25.7 Å². The molecule has 5 aliphatic rings. The highest BCUT2D eigenvalue weighted by Gasteiger charge is 2.58. The summed E-state index contributed by atoms with van der Waals surface area (Å²) in [4.78, 5) is 23.1. The number of aromatic nitrogens is 4. The molecule has 34 heavy (non-hydrogen) atoms. The van der Waals surface area contributed by atoms with E-state index in [1.54, 1.807) is 0 Å². The normalized spacial score (nSPS) is 25.7. The first kappa shape index (κ1) is 20.7. The molecule has 3 aliphatic heterocycles. The van der Waals surface area contributed by atoms with Gasteiger partial charge in [-0.1, -0.05) is 5.16 Å². The van der Waals surface area contributed by atoms with Gasteiger partial charge in [-0.3, -0.25) is 4.90 Å². The Hall–Kier alpha value is -2.63. The Balaban J connectivity index is 0.856. The van der Waals surface area contributed by atoms with Crippen LogP contribution in [0.1, 0.15) is 54.7 Å². The minimum Gasteiger partial charge on any atom is -0.364 e. The number of carbonyl (C=O) groups is 1. The number of likely N-dealkylation sites (tertiary alicyclic amines) is 3. The van der Waals surface area contributed by atoms with E-state index in [0.29, 0.717) is 38.1 Å². The number of hydrogen-bond acceptors (Lipinski definition) is 6. The van der Waals surface area contributed by atoms with Crippen LogP contribution in [0.3, 0.4) is 0 Å². The molecular formula is C22H26F3N7O2. The number of hydrogen-bond donors (Lipinski definition) is 0. The second-order valence-electron chi connectivity index (χ2n) is 11.2. The summed E-state index contributed by atoms with van der Waals surface area (Å²) >= 11 is 0. The first-order valence-corrected chi connectivity index (χ1v) is 11.9. The summed E-state index contributed by atoms with van der Waals surface area (Å²) in [5.74, 6) is 1.55. The molecule has 3 saturated heterocycles. The van der Waals surface area contributed by atoms with Crippen molar-refractivity contribution in [3.63, 3.8) is 0 Å². The van der Waals surface area contributed by atoms with Crippen LogP contribution in [0.2, 0.25) is 0 Å². The SMILES string of the molecule is O=C(N1CC2(CC(n3cnc(C4CC4)n3)C2)C1)N1CC2(CN(Cc3conc3C(F)(F)F)C2)C1. The van der Waals surface area contributed by atoms with Gasteiger partial charge in [-0.2, -0.15) is 18.3 Å². The van der Waals surface area contributed by atoms with Gasteiger partial charge in [0.05, 0.1) is 6.04 Å². The van der Waals surface area contributed by atoms with E-state index in [4.69, 9.17) is 0 Å². The molecule has 0 atom stereocenters. The van der Waals surface area contributed by atoms with E-state index in [9.17, 15) is 18.0 Å². The molecule has 0 bridgehead atoms. The van der Waals surface area contributed by atoms with Crippen molar-refractivity contribution < 1.29 is 22.5 Å². The highest BCUT2D eigenvalue weighted by Crippen LogP contribution is 2.54. The van der Waals surface area contributed by atoms with Gasteiger partial charge < -0.3 is 14.3 Å². The lowest BCUT2D eigenvalue weighted by molar-refractivity contribution is -0.144. The maximum Gasteiger partial charge on any atom is 0.437 e. The minimum absolute atomic E-state index is 0.0156. The largest absolute Gasteiger partial charge is 0.437 e. The van der Waals surface area contributed by atoms with Crippen molar-refractivity contribution in [3.05, 3.63) is 29.7 Å². The predicted molar refractivity (Wildman–Crippen MR) is 110 cm³/mol. The smallest absolute Gasteiger partial charge is 0.364 e. The molecule has 2 amide bonds. The van der Waals surface area contributed by atoms with Crippen molar-refractivity contribution in [1.82, 2.24) is 34.6 Å².